The van der Waals surface area contributed by atoms with Crippen LogP contribution in [0.1, 0.15) is 24.2 Å². The summed E-state index contributed by atoms with van der Waals surface area (Å²) in [7, 11) is 2.27. The van der Waals surface area contributed by atoms with E-state index in [1.165, 1.54) is 70.0 Å². The number of piperidine rings is 1. The van der Waals surface area contributed by atoms with Gasteiger partial charge in [0.25, 0.3) is 0 Å². The number of aromatic nitrogens is 2. The Morgan fingerprint density at radius 3 is 2.75 bits per heavy atom. The second-order valence-corrected chi connectivity index (χ2v) is 7.87. The van der Waals surface area contributed by atoms with Gasteiger partial charge in [0.15, 0.2) is 0 Å². The molecule has 0 aromatic carbocycles. The number of nitrogens with one attached hydrogen (secondary N) is 1. The quantitative estimate of drug-likeness (QED) is 0.867. The molecule has 2 saturated heterocycles. The minimum absolute atomic E-state index is 0.877. The third-order valence-corrected chi connectivity index (χ3v) is 5.81. The van der Waals surface area contributed by atoms with E-state index in [2.05, 4.69) is 37.8 Å². The van der Waals surface area contributed by atoms with Crippen molar-refractivity contribution in [2.24, 2.45) is 5.92 Å². The highest BCUT2D eigenvalue weighted by Gasteiger charge is 2.23. The zero-order chi connectivity index (χ0) is 16.4. The minimum Gasteiger partial charge on any atom is -0.309 e. The Kier molecular flexibility index (Phi) is 5.17. The number of rotatable bonds is 4. The Bertz CT molecular complexity index is 510. The molecule has 6 heteroatoms. The van der Waals surface area contributed by atoms with Crippen LogP contribution in [0.25, 0.3) is 0 Å². The first-order valence-corrected chi connectivity index (χ1v) is 9.66. The molecule has 0 bridgehead atoms. The highest BCUT2D eigenvalue weighted by atomic mass is 15.3. The van der Waals surface area contributed by atoms with Crippen LogP contribution < -0.4 is 5.32 Å². The lowest BCUT2D eigenvalue weighted by Gasteiger charge is -2.38. The first-order chi connectivity index (χ1) is 11.8. The maximum atomic E-state index is 4.78. The molecule has 0 radical (unpaired) electrons. The van der Waals surface area contributed by atoms with Gasteiger partial charge in [-0.1, -0.05) is 0 Å². The van der Waals surface area contributed by atoms with Gasteiger partial charge in [-0.15, -0.1) is 0 Å². The predicted octanol–water partition coefficient (Wildman–Crippen LogP) is 0.446. The zero-order valence-corrected chi connectivity index (χ0v) is 15.1. The molecule has 134 valence electrons. The van der Waals surface area contributed by atoms with Crippen molar-refractivity contribution in [3.05, 3.63) is 17.5 Å². The molecule has 4 rings (SSSR count). The maximum absolute atomic E-state index is 4.78. The molecule has 3 aliphatic rings. The van der Waals surface area contributed by atoms with Gasteiger partial charge < -0.3 is 15.1 Å². The normalized spacial score (nSPS) is 27.3. The molecular weight excluding hydrogens is 300 g/mol. The summed E-state index contributed by atoms with van der Waals surface area (Å²) in [5, 5.41) is 8.20. The van der Waals surface area contributed by atoms with Crippen LogP contribution in [0.3, 0.4) is 0 Å². The number of hydrogen-bond donors (Lipinski definition) is 1. The van der Waals surface area contributed by atoms with Crippen LogP contribution in [0.15, 0.2) is 6.07 Å². The van der Waals surface area contributed by atoms with E-state index >= 15 is 0 Å². The van der Waals surface area contributed by atoms with Crippen molar-refractivity contribution in [1.29, 1.82) is 0 Å². The van der Waals surface area contributed by atoms with Crippen LogP contribution in [0.5, 0.6) is 0 Å². The lowest BCUT2D eigenvalue weighted by atomic mass is 9.97. The van der Waals surface area contributed by atoms with Crippen molar-refractivity contribution in [3.63, 3.8) is 0 Å². The maximum Gasteiger partial charge on any atom is 0.0768 e. The Balaban J connectivity index is 1.23. The van der Waals surface area contributed by atoms with Gasteiger partial charge in [-0.2, -0.15) is 5.10 Å². The molecule has 3 aliphatic heterocycles. The summed E-state index contributed by atoms with van der Waals surface area (Å²) in [6.45, 7) is 12.7. The number of piperazine rings is 1. The fourth-order valence-corrected chi connectivity index (χ4v) is 4.48. The second-order valence-electron chi connectivity index (χ2n) is 7.87. The first-order valence-electron chi connectivity index (χ1n) is 9.66. The van der Waals surface area contributed by atoms with Gasteiger partial charge in [-0.05, 0) is 38.4 Å². The molecule has 1 aromatic heterocycles. The lowest BCUT2D eigenvalue weighted by molar-refractivity contribution is 0.0923. The van der Waals surface area contributed by atoms with Gasteiger partial charge in [0.1, 0.15) is 0 Å². The molecular formula is C18H32N6. The first kappa shape index (κ1) is 16.5. The number of fused-ring (bicyclic) bond motifs is 1. The van der Waals surface area contributed by atoms with E-state index in [0.29, 0.717) is 0 Å². The largest absolute Gasteiger partial charge is 0.309 e. The number of nitrogens with zero attached hydrogens (tertiary/aromatic N) is 5. The van der Waals surface area contributed by atoms with Crippen LogP contribution in [-0.4, -0.2) is 83.9 Å². The van der Waals surface area contributed by atoms with Gasteiger partial charge >= 0.3 is 0 Å². The summed E-state index contributed by atoms with van der Waals surface area (Å²) in [6, 6.07) is 2.29. The SMILES string of the molecule is CN1CCC[C@@H](CN2CCN(Cc3cc4n(n3)CCNC4)CC2)C1. The summed E-state index contributed by atoms with van der Waals surface area (Å²) in [6.07, 6.45) is 2.79. The molecule has 0 aliphatic carbocycles. The number of hydrogen-bond acceptors (Lipinski definition) is 5. The third-order valence-electron chi connectivity index (χ3n) is 5.81. The van der Waals surface area contributed by atoms with Crippen molar-refractivity contribution in [3.8, 4) is 0 Å². The molecule has 0 spiro atoms. The average Bonchev–Trinajstić information content (AvgIpc) is 2.99. The van der Waals surface area contributed by atoms with Crippen LogP contribution in [-0.2, 0) is 19.6 Å². The van der Waals surface area contributed by atoms with Crippen LogP contribution in [0, 0.1) is 5.92 Å². The average molecular weight is 332 g/mol. The number of likely N-dealkylation sites (tertiary alicyclic amines) is 1. The van der Waals surface area contributed by atoms with Crippen LogP contribution >= 0.6 is 0 Å². The van der Waals surface area contributed by atoms with Gasteiger partial charge in [0.2, 0.25) is 0 Å². The molecule has 0 saturated carbocycles. The topological polar surface area (TPSA) is 39.6 Å². The van der Waals surface area contributed by atoms with E-state index < -0.39 is 0 Å². The summed E-state index contributed by atoms with van der Waals surface area (Å²) in [4.78, 5) is 7.76. The molecule has 4 heterocycles. The van der Waals surface area contributed by atoms with Gasteiger partial charge in [-0.3, -0.25) is 9.58 Å². The van der Waals surface area contributed by atoms with E-state index in [1.54, 1.807) is 0 Å². The molecule has 1 atom stereocenters. The molecule has 6 nitrogen and oxygen atoms in total. The van der Waals surface area contributed by atoms with E-state index in [9.17, 15) is 0 Å². The summed E-state index contributed by atoms with van der Waals surface area (Å²) in [5.41, 5.74) is 2.59. The summed E-state index contributed by atoms with van der Waals surface area (Å²) < 4.78 is 2.18. The molecule has 1 aromatic rings. The molecule has 0 unspecified atom stereocenters. The van der Waals surface area contributed by atoms with Crippen molar-refractivity contribution in [2.75, 3.05) is 59.4 Å². The van der Waals surface area contributed by atoms with E-state index in [0.717, 1.165) is 32.1 Å². The molecule has 0 amide bonds. The zero-order valence-electron chi connectivity index (χ0n) is 15.1. The van der Waals surface area contributed by atoms with Crippen molar-refractivity contribution < 1.29 is 0 Å². The van der Waals surface area contributed by atoms with Crippen molar-refractivity contribution in [2.45, 2.75) is 32.5 Å². The van der Waals surface area contributed by atoms with Gasteiger partial charge in [-0.25, -0.2) is 0 Å². The molecule has 1 N–H and O–H groups in total. The monoisotopic (exact) mass is 332 g/mol. The summed E-state index contributed by atoms with van der Waals surface area (Å²) in [5.74, 6) is 0.877. The van der Waals surface area contributed by atoms with E-state index in [4.69, 9.17) is 5.10 Å². The fourth-order valence-electron chi connectivity index (χ4n) is 4.48. The van der Waals surface area contributed by atoms with Crippen molar-refractivity contribution in [1.82, 2.24) is 29.8 Å². The Morgan fingerprint density at radius 2 is 1.96 bits per heavy atom. The lowest BCUT2D eigenvalue weighted by Crippen LogP contribution is -2.49. The van der Waals surface area contributed by atoms with E-state index in [1.807, 2.05) is 0 Å². The Labute approximate surface area is 145 Å². The fraction of sp³-hybridized carbons (Fsp3) is 0.833. The second kappa shape index (κ2) is 7.52. The molecule has 2 fully saturated rings. The van der Waals surface area contributed by atoms with Crippen LogP contribution in [0.4, 0.5) is 0 Å². The standard InChI is InChI=1S/C18H32N6/c1-21-5-2-3-16(13-21)14-22-7-9-23(10-8-22)15-17-11-18-12-19-4-6-24(18)20-17/h11,16,19H,2-10,12-15H2,1H3/t16-/m1/s1. The molecule has 24 heavy (non-hydrogen) atoms. The Hall–Kier alpha value is -0.950. The smallest absolute Gasteiger partial charge is 0.0768 e. The third kappa shape index (κ3) is 3.99. The van der Waals surface area contributed by atoms with Gasteiger partial charge in [0.05, 0.1) is 17.9 Å². The predicted molar refractivity (Wildman–Crippen MR) is 95.9 cm³/mol. The van der Waals surface area contributed by atoms with Crippen LogP contribution in [0.2, 0.25) is 0 Å². The van der Waals surface area contributed by atoms with E-state index in [-0.39, 0.29) is 0 Å². The summed E-state index contributed by atoms with van der Waals surface area (Å²) >= 11 is 0. The minimum atomic E-state index is 0.877. The highest BCUT2D eigenvalue weighted by Crippen LogP contribution is 2.18. The highest BCUT2D eigenvalue weighted by molar-refractivity contribution is 5.12. The Morgan fingerprint density at radius 1 is 1.12 bits per heavy atom. The van der Waals surface area contributed by atoms with Crippen molar-refractivity contribution >= 4 is 0 Å². The van der Waals surface area contributed by atoms with Gasteiger partial charge in [0, 0.05) is 58.9 Å².